The zero-order valence-corrected chi connectivity index (χ0v) is 17.8. The molecule has 8 nitrogen and oxygen atoms in total. The lowest BCUT2D eigenvalue weighted by Gasteiger charge is -2.25. The Balaban J connectivity index is 2.00. The Morgan fingerprint density at radius 1 is 1.18 bits per heavy atom. The van der Waals surface area contributed by atoms with Crippen LogP contribution in [-0.2, 0) is 19.6 Å². The molecule has 0 saturated carbocycles. The summed E-state index contributed by atoms with van der Waals surface area (Å²) >= 11 is 0. The number of carbonyl (C=O) groups excluding carboxylic acids is 2. The maximum absolute atomic E-state index is 13.1. The first kappa shape index (κ1) is 22.3. The third kappa shape index (κ3) is 5.52. The molecular formula is C19H30N4O4S. The maximum atomic E-state index is 13.1. The summed E-state index contributed by atoms with van der Waals surface area (Å²) in [5, 5.41) is 5.12. The van der Waals surface area contributed by atoms with Crippen molar-refractivity contribution in [1.82, 2.24) is 19.8 Å². The number of hydrogen-bond donors (Lipinski definition) is 2. The van der Waals surface area contributed by atoms with E-state index in [4.69, 9.17) is 0 Å². The molecule has 1 saturated heterocycles. The van der Waals surface area contributed by atoms with E-state index in [-0.39, 0.29) is 12.6 Å². The summed E-state index contributed by atoms with van der Waals surface area (Å²) in [5.74, 6) is -1.45. The number of hydrogen-bond acceptors (Lipinski definition) is 5. The maximum Gasteiger partial charge on any atom is 0.309 e. The molecule has 2 rings (SSSR count). The second-order valence-electron chi connectivity index (χ2n) is 7.45. The third-order valence-electron chi connectivity index (χ3n) is 4.80. The van der Waals surface area contributed by atoms with Crippen molar-refractivity contribution in [2.75, 3.05) is 40.3 Å². The van der Waals surface area contributed by atoms with Gasteiger partial charge in [-0.05, 0) is 58.0 Å². The second-order valence-corrected chi connectivity index (χ2v) is 9.31. The highest BCUT2D eigenvalue weighted by Crippen LogP contribution is 2.28. The summed E-state index contributed by atoms with van der Waals surface area (Å²) in [4.78, 5) is 26.0. The van der Waals surface area contributed by atoms with Crippen LogP contribution in [0.5, 0.6) is 0 Å². The van der Waals surface area contributed by atoms with E-state index in [0.717, 1.165) is 12.0 Å². The van der Waals surface area contributed by atoms with Crippen molar-refractivity contribution in [1.29, 1.82) is 0 Å². The molecule has 1 aliphatic heterocycles. The molecule has 2 N–H and O–H groups in total. The Kier molecular flexibility index (Phi) is 7.56. The van der Waals surface area contributed by atoms with Crippen LogP contribution in [0.15, 0.2) is 23.1 Å². The SMILES string of the molecule is Cc1ccc(C)c(S(=O)(=O)N2CCC[C@H]2CNC(=O)C(=O)NCCN(C)C)c1. The molecule has 9 heteroatoms. The summed E-state index contributed by atoms with van der Waals surface area (Å²) in [7, 11) is 0.0877. The average molecular weight is 411 g/mol. The van der Waals surface area contributed by atoms with Gasteiger partial charge in [-0.2, -0.15) is 4.31 Å². The highest BCUT2D eigenvalue weighted by Gasteiger charge is 2.36. The molecule has 1 aromatic rings. The lowest BCUT2D eigenvalue weighted by atomic mass is 10.2. The van der Waals surface area contributed by atoms with Crippen LogP contribution in [0.3, 0.4) is 0 Å². The normalized spacial score (nSPS) is 17.7. The number of carbonyl (C=O) groups is 2. The highest BCUT2D eigenvalue weighted by molar-refractivity contribution is 7.89. The van der Waals surface area contributed by atoms with Crippen molar-refractivity contribution >= 4 is 21.8 Å². The molecule has 0 radical (unpaired) electrons. The monoisotopic (exact) mass is 410 g/mol. The summed E-state index contributed by atoms with van der Waals surface area (Å²) in [6, 6.07) is 5.00. The van der Waals surface area contributed by atoms with Gasteiger partial charge in [-0.25, -0.2) is 8.42 Å². The topological polar surface area (TPSA) is 98.8 Å². The molecule has 1 aliphatic rings. The van der Waals surface area contributed by atoms with Gasteiger partial charge in [0.1, 0.15) is 0 Å². The number of sulfonamides is 1. The number of nitrogens with one attached hydrogen (secondary N) is 2. The van der Waals surface area contributed by atoms with Crippen molar-refractivity contribution in [3.05, 3.63) is 29.3 Å². The second kappa shape index (κ2) is 9.49. The zero-order valence-electron chi connectivity index (χ0n) is 17.0. The van der Waals surface area contributed by atoms with E-state index < -0.39 is 21.8 Å². The molecule has 0 spiro atoms. The minimum absolute atomic E-state index is 0.115. The summed E-state index contributed by atoms with van der Waals surface area (Å²) in [5.41, 5.74) is 1.57. The first-order chi connectivity index (χ1) is 13.1. The predicted molar refractivity (Wildman–Crippen MR) is 107 cm³/mol. The van der Waals surface area contributed by atoms with E-state index in [2.05, 4.69) is 10.6 Å². The Morgan fingerprint density at radius 3 is 2.54 bits per heavy atom. The van der Waals surface area contributed by atoms with Crippen LogP contribution in [0.25, 0.3) is 0 Å². The van der Waals surface area contributed by atoms with Crippen LogP contribution in [0.1, 0.15) is 24.0 Å². The average Bonchev–Trinajstić information content (AvgIpc) is 3.10. The summed E-state index contributed by atoms with van der Waals surface area (Å²) in [6.45, 7) is 5.15. The van der Waals surface area contributed by atoms with Gasteiger partial charge in [0, 0.05) is 32.2 Å². The first-order valence-corrected chi connectivity index (χ1v) is 10.9. The van der Waals surface area contributed by atoms with E-state index in [1.165, 1.54) is 4.31 Å². The number of amides is 2. The molecule has 0 bridgehead atoms. The molecule has 28 heavy (non-hydrogen) atoms. The molecular weight excluding hydrogens is 380 g/mol. The van der Waals surface area contributed by atoms with Gasteiger partial charge < -0.3 is 15.5 Å². The van der Waals surface area contributed by atoms with Crippen molar-refractivity contribution in [3.63, 3.8) is 0 Å². The van der Waals surface area contributed by atoms with Crippen LogP contribution in [0.4, 0.5) is 0 Å². The summed E-state index contributed by atoms with van der Waals surface area (Å²) < 4.78 is 27.7. The van der Waals surface area contributed by atoms with Gasteiger partial charge in [-0.15, -0.1) is 0 Å². The smallest absolute Gasteiger partial charge is 0.309 e. The molecule has 1 atom stereocenters. The number of likely N-dealkylation sites (N-methyl/N-ethyl adjacent to an activating group) is 1. The molecule has 1 aromatic carbocycles. The van der Waals surface area contributed by atoms with Gasteiger partial charge >= 0.3 is 11.8 Å². The standard InChI is InChI=1S/C19H30N4O4S/c1-14-7-8-15(2)17(12-14)28(26,27)23-10-5-6-16(23)13-21-19(25)18(24)20-9-11-22(3)4/h7-8,12,16H,5-6,9-11,13H2,1-4H3,(H,20,24)(H,21,25)/t16-/m0/s1. The Bertz CT molecular complexity index is 823. The van der Waals surface area contributed by atoms with Gasteiger partial charge in [0.25, 0.3) is 0 Å². The van der Waals surface area contributed by atoms with Crippen LogP contribution in [-0.4, -0.2) is 75.8 Å². The van der Waals surface area contributed by atoms with E-state index in [9.17, 15) is 18.0 Å². The Labute approximate surface area is 167 Å². The number of nitrogens with zero attached hydrogens (tertiary/aromatic N) is 2. The first-order valence-electron chi connectivity index (χ1n) is 9.42. The molecule has 156 valence electrons. The van der Waals surface area contributed by atoms with E-state index in [1.54, 1.807) is 19.1 Å². The lowest BCUT2D eigenvalue weighted by Crippen LogP contribution is -2.47. The highest BCUT2D eigenvalue weighted by atomic mass is 32.2. The molecule has 0 aliphatic carbocycles. The van der Waals surface area contributed by atoms with Gasteiger partial charge in [-0.1, -0.05) is 12.1 Å². The van der Waals surface area contributed by atoms with Gasteiger partial charge in [0.05, 0.1) is 4.90 Å². The lowest BCUT2D eigenvalue weighted by molar-refractivity contribution is -0.139. The fourth-order valence-electron chi connectivity index (χ4n) is 3.21. The Hall–Kier alpha value is -1.97. The molecule has 1 heterocycles. The number of benzene rings is 1. The predicted octanol–water partition coefficient (Wildman–Crippen LogP) is 0.251. The van der Waals surface area contributed by atoms with Gasteiger partial charge in [0.2, 0.25) is 10.0 Å². The molecule has 0 aromatic heterocycles. The number of rotatable bonds is 7. The van der Waals surface area contributed by atoms with Crippen molar-refractivity contribution in [2.45, 2.75) is 37.6 Å². The largest absolute Gasteiger partial charge is 0.347 e. The number of aryl methyl sites for hydroxylation is 2. The quantitative estimate of drug-likeness (QED) is 0.628. The Morgan fingerprint density at radius 2 is 1.86 bits per heavy atom. The van der Waals surface area contributed by atoms with Crippen LogP contribution >= 0.6 is 0 Å². The van der Waals surface area contributed by atoms with Gasteiger partial charge in [-0.3, -0.25) is 9.59 Å². The van der Waals surface area contributed by atoms with Gasteiger partial charge in [0.15, 0.2) is 0 Å². The van der Waals surface area contributed by atoms with Crippen molar-refractivity contribution in [3.8, 4) is 0 Å². The summed E-state index contributed by atoms with van der Waals surface area (Å²) in [6.07, 6.45) is 1.37. The minimum atomic E-state index is -3.66. The third-order valence-corrected chi connectivity index (χ3v) is 6.90. The molecule has 1 fully saturated rings. The molecule has 0 unspecified atom stereocenters. The zero-order chi connectivity index (χ0) is 20.9. The fraction of sp³-hybridized carbons (Fsp3) is 0.579. The van der Waals surface area contributed by atoms with E-state index in [0.29, 0.717) is 36.5 Å². The van der Waals surface area contributed by atoms with Crippen molar-refractivity contribution < 1.29 is 18.0 Å². The van der Waals surface area contributed by atoms with E-state index >= 15 is 0 Å². The fourth-order valence-corrected chi connectivity index (χ4v) is 5.21. The van der Waals surface area contributed by atoms with E-state index in [1.807, 2.05) is 32.0 Å². The van der Waals surface area contributed by atoms with Crippen molar-refractivity contribution in [2.24, 2.45) is 0 Å². The van der Waals surface area contributed by atoms with Crippen LogP contribution in [0.2, 0.25) is 0 Å². The van der Waals surface area contributed by atoms with Crippen LogP contribution in [0, 0.1) is 13.8 Å². The van der Waals surface area contributed by atoms with Crippen LogP contribution < -0.4 is 10.6 Å². The minimum Gasteiger partial charge on any atom is -0.347 e. The molecule has 2 amide bonds.